The Morgan fingerprint density at radius 3 is 2.34 bits per heavy atom. The second-order valence-corrected chi connectivity index (χ2v) is 7.79. The maximum atomic E-state index is 10.7. The number of hydrogen-bond donors (Lipinski definition) is 8. The van der Waals surface area contributed by atoms with Crippen LogP contribution >= 0.6 is 0 Å². The van der Waals surface area contributed by atoms with Gasteiger partial charge in [0.2, 0.25) is 6.29 Å². The van der Waals surface area contributed by atoms with Gasteiger partial charge >= 0.3 is 0 Å². The predicted molar refractivity (Wildman–Crippen MR) is 105 cm³/mol. The summed E-state index contributed by atoms with van der Waals surface area (Å²) in [5, 5.41) is 79.5. The van der Waals surface area contributed by atoms with Gasteiger partial charge in [-0.3, -0.25) is 0 Å². The molecule has 2 aromatic rings. The Labute approximate surface area is 181 Å². The third kappa shape index (κ3) is 4.01. The van der Waals surface area contributed by atoms with Crippen molar-refractivity contribution < 1.29 is 55.1 Å². The molecule has 0 bridgehead atoms. The molecule has 2 aliphatic heterocycles. The van der Waals surface area contributed by atoms with Crippen molar-refractivity contribution in [1.82, 2.24) is 0 Å². The molecule has 0 saturated carbocycles. The number of phenolic OH excluding ortho intramolecular Hbond substituents is 3. The molecule has 2 aromatic carbocycles. The zero-order valence-corrected chi connectivity index (χ0v) is 16.6. The Morgan fingerprint density at radius 2 is 1.66 bits per heavy atom. The lowest BCUT2D eigenvalue weighted by Crippen LogP contribution is -2.60. The summed E-state index contributed by atoms with van der Waals surface area (Å²) in [5.74, 6) is -0.811. The molecular formula is C21H24O11. The number of phenols is 3. The molecule has 4 rings (SSSR count). The van der Waals surface area contributed by atoms with Crippen molar-refractivity contribution in [2.24, 2.45) is 0 Å². The van der Waals surface area contributed by atoms with Crippen LogP contribution in [0.4, 0.5) is 0 Å². The molecule has 7 atom stereocenters. The maximum Gasteiger partial charge on any atom is 0.229 e. The Bertz CT molecular complexity index is 978. The van der Waals surface area contributed by atoms with Gasteiger partial charge in [-0.2, -0.15) is 0 Å². The zero-order chi connectivity index (χ0) is 23.2. The number of aliphatic hydroxyl groups excluding tert-OH is 5. The fraction of sp³-hybridized carbons (Fsp3) is 0.429. The van der Waals surface area contributed by atoms with Crippen molar-refractivity contribution in [3.63, 3.8) is 0 Å². The van der Waals surface area contributed by atoms with Gasteiger partial charge in [0, 0.05) is 24.1 Å². The lowest BCUT2D eigenvalue weighted by molar-refractivity contribution is -0.277. The minimum Gasteiger partial charge on any atom is -0.508 e. The van der Waals surface area contributed by atoms with Crippen molar-refractivity contribution in [1.29, 1.82) is 0 Å². The Kier molecular flexibility index (Phi) is 6.03. The van der Waals surface area contributed by atoms with E-state index in [9.17, 15) is 40.9 Å². The monoisotopic (exact) mass is 452 g/mol. The van der Waals surface area contributed by atoms with Gasteiger partial charge in [-0.05, 0) is 17.7 Å². The number of benzene rings is 2. The van der Waals surface area contributed by atoms with Gasteiger partial charge in [-0.1, -0.05) is 6.07 Å². The summed E-state index contributed by atoms with van der Waals surface area (Å²) < 4.78 is 16.8. The largest absolute Gasteiger partial charge is 0.508 e. The van der Waals surface area contributed by atoms with Crippen LogP contribution in [0.1, 0.15) is 17.2 Å². The van der Waals surface area contributed by atoms with Crippen LogP contribution in [0.5, 0.6) is 28.7 Å². The van der Waals surface area contributed by atoms with Crippen LogP contribution < -0.4 is 9.47 Å². The van der Waals surface area contributed by atoms with E-state index in [1.54, 1.807) is 0 Å². The first-order valence-electron chi connectivity index (χ1n) is 9.89. The van der Waals surface area contributed by atoms with Crippen LogP contribution in [0.3, 0.4) is 0 Å². The number of aliphatic hydroxyl groups is 5. The van der Waals surface area contributed by atoms with E-state index < -0.39 is 49.5 Å². The van der Waals surface area contributed by atoms with Gasteiger partial charge in [0.05, 0.1) is 12.7 Å². The van der Waals surface area contributed by atoms with E-state index in [0.29, 0.717) is 11.1 Å². The second kappa shape index (κ2) is 8.62. The first-order chi connectivity index (χ1) is 15.2. The van der Waals surface area contributed by atoms with Crippen LogP contribution in [-0.4, -0.2) is 84.3 Å². The topological polar surface area (TPSA) is 190 Å². The summed E-state index contributed by atoms with van der Waals surface area (Å²) in [4.78, 5) is 0. The molecule has 2 aliphatic rings. The second-order valence-electron chi connectivity index (χ2n) is 7.79. The Balaban J connectivity index is 1.62. The number of rotatable bonds is 4. The van der Waals surface area contributed by atoms with Gasteiger partial charge in [-0.15, -0.1) is 0 Å². The van der Waals surface area contributed by atoms with E-state index in [4.69, 9.17) is 14.2 Å². The average molecular weight is 452 g/mol. The molecule has 1 saturated heterocycles. The Morgan fingerprint density at radius 1 is 0.906 bits per heavy atom. The van der Waals surface area contributed by atoms with Crippen LogP contribution in [-0.2, 0) is 11.2 Å². The fourth-order valence-corrected chi connectivity index (χ4v) is 3.85. The molecule has 2 heterocycles. The van der Waals surface area contributed by atoms with Crippen molar-refractivity contribution in [2.45, 2.75) is 49.3 Å². The molecular weight excluding hydrogens is 428 g/mol. The highest BCUT2D eigenvalue weighted by Crippen LogP contribution is 2.44. The van der Waals surface area contributed by atoms with Gasteiger partial charge in [0.25, 0.3) is 0 Å². The molecule has 32 heavy (non-hydrogen) atoms. The first-order valence-corrected chi connectivity index (χ1v) is 9.89. The number of aromatic hydroxyl groups is 3. The fourth-order valence-electron chi connectivity index (χ4n) is 3.85. The van der Waals surface area contributed by atoms with E-state index >= 15 is 0 Å². The molecule has 11 heteroatoms. The molecule has 0 unspecified atom stereocenters. The van der Waals surface area contributed by atoms with Crippen LogP contribution in [0.25, 0.3) is 0 Å². The molecule has 0 spiro atoms. The minimum atomic E-state index is -1.66. The number of hydrogen-bond acceptors (Lipinski definition) is 11. The molecule has 8 N–H and O–H groups in total. The minimum absolute atomic E-state index is 0.00428. The predicted octanol–water partition coefficient (Wildman–Crippen LogP) is -0.981. The quantitative estimate of drug-likeness (QED) is 0.266. The normalized spacial score (nSPS) is 32.1. The van der Waals surface area contributed by atoms with Crippen molar-refractivity contribution in [3.8, 4) is 28.7 Å². The standard InChI is InChI=1S/C21H24O11/c22-7-16-17(27)18(28)19(29)21(32-16)31-15-5-9(23)4-14-10(15)6-13(26)20(30-14)8-1-2-11(24)12(25)3-8/h1-5,13,16-29H,6-7H2/t13-,16+,17+,18-,19+,20+,21-/m0/s1. The lowest BCUT2D eigenvalue weighted by Gasteiger charge is -2.40. The summed E-state index contributed by atoms with van der Waals surface area (Å²) in [6.45, 7) is -0.633. The van der Waals surface area contributed by atoms with E-state index in [-0.39, 0.29) is 35.2 Å². The smallest absolute Gasteiger partial charge is 0.229 e. The van der Waals surface area contributed by atoms with Crippen LogP contribution in [0.15, 0.2) is 30.3 Å². The van der Waals surface area contributed by atoms with Crippen molar-refractivity contribution in [3.05, 3.63) is 41.5 Å². The third-order valence-electron chi connectivity index (χ3n) is 5.59. The third-order valence-corrected chi connectivity index (χ3v) is 5.59. The number of ether oxygens (including phenoxy) is 3. The zero-order valence-electron chi connectivity index (χ0n) is 16.6. The first kappa shape index (κ1) is 22.4. The summed E-state index contributed by atoms with van der Waals surface area (Å²) in [5.41, 5.74) is 0.727. The van der Waals surface area contributed by atoms with Gasteiger partial charge in [0.1, 0.15) is 47.8 Å². The van der Waals surface area contributed by atoms with Gasteiger partial charge in [-0.25, -0.2) is 0 Å². The van der Waals surface area contributed by atoms with Gasteiger partial charge in [0.15, 0.2) is 11.5 Å². The molecule has 11 nitrogen and oxygen atoms in total. The highest BCUT2D eigenvalue weighted by Gasteiger charge is 2.45. The van der Waals surface area contributed by atoms with E-state index in [1.807, 2.05) is 0 Å². The summed E-state index contributed by atoms with van der Waals surface area (Å²) >= 11 is 0. The maximum absolute atomic E-state index is 10.7. The van der Waals surface area contributed by atoms with Gasteiger partial charge < -0.3 is 55.1 Å². The molecule has 0 radical (unpaired) electrons. The average Bonchev–Trinajstić information content (AvgIpc) is 2.76. The van der Waals surface area contributed by atoms with Crippen LogP contribution in [0, 0.1) is 0 Å². The highest BCUT2D eigenvalue weighted by molar-refractivity contribution is 5.52. The van der Waals surface area contributed by atoms with E-state index in [2.05, 4.69) is 0 Å². The summed E-state index contributed by atoms with van der Waals surface area (Å²) in [6.07, 6.45) is -9.56. The Hall–Kier alpha value is -2.80. The van der Waals surface area contributed by atoms with E-state index in [1.165, 1.54) is 30.3 Å². The highest BCUT2D eigenvalue weighted by atomic mass is 16.7. The lowest BCUT2D eigenvalue weighted by atomic mass is 9.93. The van der Waals surface area contributed by atoms with Crippen molar-refractivity contribution >= 4 is 0 Å². The molecule has 1 fully saturated rings. The summed E-state index contributed by atoms with van der Waals surface area (Å²) in [6, 6.07) is 6.49. The molecule has 0 aromatic heterocycles. The molecule has 174 valence electrons. The SMILES string of the molecule is OC[C@H]1O[C@H](Oc2cc(O)cc3c2C[C@H](O)[C@@H](c2ccc(O)c(O)c2)O3)[C@H](O)[C@@H](O)[C@@H]1O. The number of fused-ring (bicyclic) bond motifs is 1. The molecule has 0 amide bonds. The van der Waals surface area contributed by atoms with E-state index in [0.717, 1.165) is 0 Å². The summed E-state index contributed by atoms with van der Waals surface area (Å²) in [7, 11) is 0. The van der Waals surface area contributed by atoms with Crippen LogP contribution in [0.2, 0.25) is 0 Å². The van der Waals surface area contributed by atoms with Crippen molar-refractivity contribution in [2.75, 3.05) is 6.61 Å². The molecule has 0 aliphatic carbocycles.